The molecule has 3 atom stereocenters. The molecule has 1 aliphatic heterocycles. The Balaban J connectivity index is 1.56. The van der Waals surface area contributed by atoms with Crippen LogP contribution in [0.4, 0.5) is 0 Å². The van der Waals surface area contributed by atoms with Gasteiger partial charge in [-0.15, -0.1) is 0 Å². The lowest BCUT2D eigenvalue weighted by Gasteiger charge is -2.26. The molecule has 0 bridgehead atoms. The summed E-state index contributed by atoms with van der Waals surface area (Å²) in [5.41, 5.74) is 5.97. The molecule has 1 saturated heterocycles. The second-order valence-electron chi connectivity index (χ2n) is 6.12. The van der Waals surface area contributed by atoms with Crippen molar-refractivity contribution in [1.82, 2.24) is 5.32 Å². The van der Waals surface area contributed by atoms with E-state index in [4.69, 9.17) is 10.5 Å². The van der Waals surface area contributed by atoms with E-state index in [2.05, 4.69) is 5.32 Å². The summed E-state index contributed by atoms with van der Waals surface area (Å²) in [4.78, 5) is 11.8. The zero-order valence-corrected chi connectivity index (χ0v) is 11.9. The van der Waals surface area contributed by atoms with Gasteiger partial charge in [-0.1, -0.05) is 12.8 Å². The van der Waals surface area contributed by atoms with Gasteiger partial charge in [0.05, 0.1) is 6.10 Å². The van der Waals surface area contributed by atoms with Gasteiger partial charge >= 0.3 is 0 Å². The number of ether oxygens (including phenoxy) is 1. The molecule has 1 aliphatic carbocycles. The van der Waals surface area contributed by atoms with E-state index in [9.17, 15) is 4.79 Å². The molecular formula is C15H28N2O2. The lowest BCUT2D eigenvalue weighted by Crippen LogP contribution is -2.35. The van der Waals surface area contributed by atoms with Gasteiger partial charge in [0.25, 0.3) is 0 Å². The fraction of sp³-hybridized carbons (Fsp3) is 0.933. The van der Waals surface area contributed by atoms with Gasteiger partial charge in [-0.3, -0.25) is 4.79 Å². The zero-order chi connectivity index (χ0) is 13.5. The number of carbonyl (C=O) groups excluding carboxylic acids is 1. The minimum atomic E-state index is 0.174. The molecule has 3 N–H and O–H groups in total. The van der Waals surface area contributed by atoms with Crippen molar-refractivity contribution in [1.29, 1.82) is 0 Å². The normalized spacial score (nSPS) is 31.9. The number of nitrogens with one attached hydrogen (secondary N) is 1. The third kappa shape index (κ3) is 5.49. The Morgan fingerprint density at radius 2 is 2.11 bits per heavy atom. The molecule has 1 heterocycles. The van der Waals surface area contributed by atoms with Gasteiger partial charge < -0.3 is 15.8 Å². The first-order valence-corrected chi connectivity index (χ1v) is 7.88. The first-order chi connectivity index (χ1) is 9.24. The topological polar surface area (TPSA) is 64.4 Å². The van der Waals surface area contributed by atoms with Crippen LogP contribution in [0.5, 0.6) is 0 Å². The third-order valence-corrected chi connectivity index (χ3v) is 4.40. The molecule has 1 saturated carbocycles. The van der Waals surface area contributed by atoms with Crippen molar-refractivity contribution in [2.24, 2.45) is 11.7 Å². The zero-order valence-electron chi connectivity index (χ0n) is 11.9. The Labute approximate surface area is 116 Å². The summed E-state index contributed by atoms with van der Waals surface area (Å²) in [6.07, 6.45) is 10.1. The Bertz CT molecular complexity index is 277. The number of carbonyl (C=O) groups is 1. The molecule has 19 heavy (non-hydrogen) atoms. The third-order valence-electron chi connectivity index (χ3n) is 4.40. The van der Waals surface area contributed by atoms with Crippen molar-refractivity contribution < 1.29 is 9.53 Å². The van der Waals surface area contributed by atoms with E-state index in [1.165, 1.54) is 19.3 Å². The molecule has 2 rings (SSSR count). The van der Waals surface area contributed by atoms with Crippen LogP contribution in [-0.2, 0) is 9.53 Å². The summed E-state index contributed by atoms with van der Waals surface area (Å²) in [5.74, 6) is 0.828. The number of nitrogens with two attached hydrogens (primary N) is 1. The minimum absolute atomic E-state index is 0.174. The van der Waals surface area contributed by atoms with Gasteiger partial charge in [-0.25, -0.2) is 0 Å². The van der Waals surface area contributed by atoms with E-state index >= 15 is 0 Å². The van der Waals surface area contributed by atoms with Gasteiger partial charge in [0, 0.05) is 25.6 Å². The molecule has 1 amide bonds. The molecule has 0 aromatic rings. The largest absolute Gasteiger partial charge is 0.376 e. The SMILES string of the molecule is NC1CCCC(CCC(=O)NCC2CCCCO2)C1. The lowest BCUT2D eigenvalue weighted by atomic mass is 9.83. The van der Waals surface area contributed by atoms with E-state index < -0.39 is 0 Å². The predicted molar refractivity (Wildman–Crippen MR) is 75.8 cm³/mol. The van der Waals surface area contributed by atoms with Crippen molar-refractivity contribution >= 4 is 5.91 Å². The van der Waals surface area contributed by atoms with E-state index in [0.717, 1.165) is 38.7 Å². The van der Waals surface area contributed by atoms with Crippen molar-refractivity contribution in [3.8, 4) is 0 Å². The van der Waals surface area contributed by atoms with Crippen LogP contribution in [0.2, 0.25) is 0 Å². The summed E-state index contributed by atoms with van der Waals surface area (Å²) < 4.78 is 5.61. The van der Waals surface area contributed by atoms with Gasteiger partial charge in [-0.05, 0) is 44.4 Å². The molecule has 4 nitrogen and oxygen atoms in total. The summed E-state index contributed by atoms with van der Waals surface area (Å²) in [6, 6.07) is 0.359. The van der Waals surface area contributed by atoms with E-state index in [0.29, 0.717) is 24.9 Å². The predicted octanol–water partition coefficient (Wildman–Crippen LogP) is 1.97. The summed E-state index contributed by atoms with van der Waals surface area (Å²) in [6.45, 7) is 1.53. The molecule has 0 aromatic carbocycles. The van der Waals surface area contributed by atoms with Crippen LogP contribution in [-0.4, -0.2) is 31.2 Å². The fourth-order valence-corrected chi connectivity index (χ4v) is 3.21. The second-order valence-corrected chi connectivity index (χ2v) is 6.12. The maximum absolute atomic E-state index is 11.8. The average molecular weight is 268 g/mol. The number of hydrogen-bond acceptors (Lipinski definition) is 3. The average Bonchev–Trinajstić information content (AvgIpc) is 2.44. The summed E-state index contributed by atoms with van der Waals surface area (Å²) in [5, 5.41) is 3.01. The highest BCUT2D eigenvalue weighted by atomic mass is 16.5. The first kappa shape index (κ1) is 14.8. The monoisotopic (exact) mass is 268 g/mol. The van der Waals surface area contributed by atoms with Gasteiger partial charge in [0.15, 0.2) is 0 Å². The minimum Gasteiger partial charge on any atom is -0.376 e. The van der Waals surface area contributed by atoms with Gasteiger partial charge in [0.1, 0.15) is 0 Å². The maximum atomic E-state index is 11.8. The van der Waals surface area contributed by atoms with Crippen LogP contribution in [0.3, 0.4) is 0 Å². The standard InChI is InChI=1S/C15H28N2O2/c16-13-5-3-4-12(10-13)7-8-15(18)17-11-14-6-1-2-9-19-14/h12-14H,1-11,16H2,(H,17,18). The van der Waals surface area contributed by atoms with Crippen LogP contribution < -0.4 is 11.1 Å². The van der Waals surface area contributed by atoms with Crippen LogP contribution in [0.1, 0.15) is 57.8 Å². The van der Waals surface area contributed by atoms with E-state index in [-0.39, 0.29) is 12.0 Å². The molecule has 4 heteroatoms. The number of hydrogen-bond donors (Lipinski definition) is 2. The fourth-order valence-electron chi connectivity index (χ4n) is 3.21. The van der Waals surface area contributed by atoms with Crippen molar-refractivity contribution in [3.05, 3.63) is 0 Å². The highest BCUT2D eigenvalue weighted by molar-refractivity contribution is 5.75. The highest BCUT2D eigenvalue weighted by Crippen LogP contribution is 2.26. The van der Waals surface area contributed by atoms with Crippen molar-refractivity contribution in [2.45, 2.75) is 69.9 Å². The summed E-state index contributed by atoms with van der Waals surface area (Å²) >= 11 is 0. The van der Waals surface area contributed by atoms with Crippen molar-refractivity contribution in [2.75, 3.05) is 13.2 Å². The quantitative estimate of drug-likeness (QED) is 0.801. The van der Waals surface area contributed by atoms with Crippen molar-refractivity contribution in [3.63, 3.8) is 0 Å². The molecular weight excluding hydrogens is 240 g/mol. The molecule has 2 aliphatic rings. The van der Waals surface area contributed by atoms with Gasteiger partial charge in [0.2, 0.25) is 5.91 Å². The molecule has 2 fully saturated rings. The highest BCUT2D eigenvalue weighted by Gasteiger charge is 2.20. The first-order valence-electron chi connectivity index (χ1n) is 7.88. The van der Waals surface area contributed by atoms with Crippen LogP contribution in [0.15, 0.2) is 0 Å². The molecule has 110 valence electrons. The molecule has 0 radical (unpaired) electrons. The van der Waals surface area contributed by atoms with Crippen LogP contribution in [0, 0.1) is 5.92 Å². The van der Waals surface area contributed by atoms with E-state index in [1.54, 1.807) is 0 Å². The molecule has 0 spiro atoms. The number of amides is 1. The van der Waals surface area contributed by atoms with Gasteiger partial charge in [-0.2, -0.15) is 0 Å². The lowest BCUT2D eigenvalue weighted by molar-refractivity contribution is -0.122. The molecule has 3 unspecified atom stereocenters. The smallest absolute Gasteiger partial charge is 0.220 e. The maximum Gasteiger partial charge on any atom is 0.220 e. The second kappa shape index (κ2) is 7.85. The Morgan fingerprint density at radius 1 is 1.21 bits per heavy atom. The Morgan fingerprint density at radius 3 is 2.84 bits per heavy atom. The van der Waals surface area contributed by atoms with Crippen LogP contribution >= 0.6 is 0 Å². The van der Waals surface area contributed by atoms with E-state index in [1.807, 2.05) is 0 Å². The Kier molecular flexibility index (Phi) is 6.11. The Hall–Kier alpha value is -0.610. The van der Waals surface area contributed by atoms with Crippen LogP contribution in [0.25, 0.3) is 0 Å². The number of rotatable bonds is 5. The summed E-state index contributed by atoms with van der Waals surface area (Å²) in [7, 11) is 0. The molecule has 0 aromatic heterocycles.